The molecule has 116 valence electrons. The first-order chi connectivity index (χ1) is 9.76. The van der Waals surface area contributed by atoms with Gasteiger partial charge in [0.1, 0.15) is 5.56 Å². The van der Waals surface area contributed by atoms with E-state index in [2.05, 4.69) is 9.46 Å². The molecule has 0 radical (unpaired) electrons. The molecule has 7 nitrogen and oxygen atoms in total. The molecular weight excluding hydrogens is 322 g/mol. The monoisotopic (exact) mass is 335 g/mol. The minimum absolute atomic E-state index is 0.0897. The van der Waals surface area contributed by atoms with Crippen LogP contribution in [0.3, 0.4) is 0 Å². The minimum atomic E-state index is -3.89. The lowest BCUT2D eigenvalue weighted by atomic mass is 10.2. The molecule has 21 heavy (non-hydrogen) atoms. The summed E-state index contributed by atoms with van der Waals surface area (Å²) in [5.74, 6) is -2.52. The molecule has 1 aromatic rings. The van der Waals surface area contributed by atoms with Crippen LogP contribution in [0.4, 0.5) is 5.69 Å². The average Bonchev–Trinajstić information content (AvgIpc) is 2.36. The molecular formula is C12H14ClNO6S. The Hall–Kier alpha value is -1.80. The summed E-state index contributed by atoms with van der Waals surface area (Å²) in [5, 5.41) is 8.95. The van der Waals surface area contributed by atoms with Crippen molar-refractivity contribution < 1.29 is 27.9 Å². The summed E-state index contributed by atoms with van der Waals surface area (Å²) in [7, 11) is -3.89. The Morgan fingerprint density at radius 2 is 2.05 bits per heavy atom. The first-order valence-corrected chi connectivity index (χ1v) is 7.97. The van der Waals surface area contributed by atoms with E-state index in [0.717, 1.165) is 0 Å². The fraction of sp³-hybridized carbons (Fsp3) is 0.333. The molecule has 1 rings (SSSR count). The number of rotatable bonds is 7. The maximum atomic E-state index is 11.8. The Morgan fingerprint density at radius 1 is 1.38 bits per heavy atom. The second-order valence-electron chi connectivity index (χ2n) is 3.94. The van der Waals surface area contributed by atoms with E-state index in [-0.39, 0.29) is 29.3 Å². The van der Waals surface area contributed by atoms with Crippen molar-refractivity contribution in [3.05, 3.63) is 28.8 Å². The van der Waals surface area contributed by atoms with Crippen LogP contribution in [0.15, 0.2) is 18.2 Å². The molecule has 0 aliphatic heterocycles. The lowest BCUT2D eigenvalue weighted by molar-refractivity contribution is -0.142. The number of nitrogens with one attached hydrogen (secondary N) is 1. The number of carboxylic acid groups (broad SMARTS) is 1. The molecule has 0 fully saturated rings. The Morgan fingerprint density at radius 3 is 2.62 bits per heavy atom. The zero-order valence-electron chi connectivity index (χ0n) is 11.1. The standard InChI is InChI=1S/C12H14ClNO6S/c1-2-20-10(15)6-7-21(18,19)14-9-5-3-4-8(13)11(9)12(16)17/h3-5,14H,2,6-7H2,1H3,(H,16,17). The molecule has 0 saturated carbocycles. The van der Waals surface area contributed by atoms with Crippen LogP contribution >= 0.6 is 11.6 Å². The summed E-state index contributed by atoms with van der Waals surface area (Å²) in [5.41, 5.74) is -0.502. The molecule has 0 atom stereocenters. The first-order valence-electron chi connectivity index (χ1n) is 5.94. The molecule has 2 N–H and O–H groups in total. The second kappa shape index (κ2) is 7.28. The Labute approximate surface area is 126 Å². The summed E-state index contributed by atoms with van der Waals surface area (Å²) in [6, 6.07) is 4.02. The normalized spacial score (nSPS) is 11.0. The van der Waals surface area contributed by atoms with E-state index >= 15 is 0 Å². The summed E-state index contributed by atoms with van der Waals surface area (Å²) in [4.78, 5) is 22.2. The van der Waals surface area contributed by atoms with Gasteiger partial charge in [-0.05, 0) is 19.1 Å². The van der Waals surface area contributed by atoms with Gasteiger partial charge in [-0.1, -0.05) is 17.7 Å². The van der Waals surface area contributed by atoms with Gasteiger partial charge in [0.25, 0.3) is 0 Å². The zero-order chi connectivity index (χ0) is 16.0. The molecule has 0 aliphatic carbocycles. The SMILES string of the molecule is CCOC(=O)CCS(=O)(=O)Nc1cccc(Cl)c1C(=O)O. The van der Waals surface area contributed by atoms with Crippen LogP contribution in [-0.2, 0) is 19.6 Å². The van der Waals surface area contributed by atoms with E-state index in [9.17, 15) is 18.0 Å². The third-order valence-electron chi connectivity index (χ3n) is 2.37. The maximum absolute atomic E-state index is 11.8. The predicted molar refractivity (Wildman–Crippen MR) is 77.1 cm³/mol. The zero-order valence-corrected chi connectivity index (χ0v) is 12.7. The number of aromatic carboxylic acids is 1. The van der Waals surface area contributed by atoms with Crippen LogP contribution in [0, 0.1) is 0 Å². The predicted octanol–water partition coefficient (Wildman–Crippen LogP) is 1.73. The largest absolute Gasteiger partial charge is 0.478 e. The number of hydrogen-bond acceptors (Lipinski definition) is 5. The van der Waals surface area contributed by atoms with Gasteiger partial charge in [0.15, 0.2) is 0 Å². The molecule has 0 aromatic heterocycles. The highest BCUT2D eigenvalue weighted by Gasteiger charge is 2.20. The van der Waals surface area contributed by atoms with Crippen LogP contribution in [0.5, 0.6) is 0 Å². The van der Waals surface area contributed by atoms with Gasteiger partial charge in [-0.15, -0.1) is 0 Å². The van der Waals surface area contributed by atoms with Crippen LogP contribution in [-0.4, -0.2) is 37.8 Å². The van der Waals surface area contributed by atoms with Gasteiger partial charge in [0, 0.05) is 0 Å². The van der Waals surface area contributed by atoms with Crippen molar-refractivity contribution in [1.82, 2.24) is 0 Å². The Bertz CT molecular complexity index is 643. The molecule has 0 heterocycles. The second-order valence-corrected chi connectivity index (χ2v) is 6.19. The molecule has 0 amide bonds. The number of hydrogen-bond donors (Lipinski definition) is 2. The first kappa shape index (κ1) is 17.3. The van der Waals surface area contributed by atoms with Crippen LogP contribution < -0.4 is 4.72 Å². The number of benzene rings is 1. The molecule has 1 aromatic carbocycles. The van der Waals surface area contributed by atoms with Gasteiger partial charge in [-0.25, -0.2) is 13.2 Å². The number of ether oxygens (including phenoxy) is 1. The van der Waals surface area contributed by atoms with Crippen molar-refractivity contribution in [3.63, 3.8) is 0 Å². The fourth-order valence-electron chi connectivity index (χ4n) is 1.50. The number of anilines is 1. The number of esters is 1. The van der Waals surface area contributed by atoms with Gasteiger partial charge < -0.3 is 9.84 Å². The maximum Gasteiger partial charge on any atom is 0.339 e. The van der Waals surface area contributed by atoms with Crippen molar-refractivity contribution >= 4 is 39.3 Å². The number of carboxylic acids is 1. The molecule has 0 spiro atoms. The smallest absolute Gasteiger partial charge is 0.339 e. The highest BCUT2D eigenvalue weighted by Crippen LogP contribution is 2.25. The van der Waals surface area contributed by atoms with Crippen molar-refractivity contribution in [2.24, 2.45) is 0 Å². The van der Waals surface area contributed by atoms with Gasteiger partial charge in [0.05, 0.1) is 29.5 Å². The molecule has 0 saturated heterocycles. The third-order valence-corrected chi connectivity index (χ3v) is 3.96. The summed E-state index contributed by atoms with van der Waals surface area (Å²) >= 11 is 5.73. The Kier molecular flexibility index (Phi) is 5.98. The van der Waals surface area contributed by atoms with Crippen molar-refractivity contribution in [2.75, 3.05) is 17.1 Å². The lowest BCUT2D eigenvalue weighted by Gasteiger charge is -2.11. The van der Waals surface area contributed by atoms with Crippen LogP contribution in [0.1, 0.15) is 23.7 Å². The molecule has 0 bridgehead atoms. The van der Waals surface area contributed by atoms with Gasteiger partial charge >= 0.3 is 11.9 Å². The van der Waals surface area contributed by atoms with Gasteiger partial charge in [-0.3, -0.25) is 9.52 Å². The topological polar surface area (TPSA) is 110 Å². The highest BCUT2D eigenvalue weighted by molar-refractivity contribution is 7.92. The number of sulfonamides is 1. The average molecular weight is 336 g/mol. The summed E-state index contributed by atoms with van der Waals surface area (Å²) < 4.78 is 30.4. The number of halogens is 1. The van der Waals surface area contributed by atoms with Gasteiger partial charge in [0.2, 0.25) is 10.0 Å². The van der Waals surface area contributed by atoms with Crippen molar-refractivity contribution in [3.8, 4) is 0 Å². The lowest BCUT2D eigenvalue weighted by Crippen LogP contribution is -2.21. The van der Waals surface area contributed by atoms with E-state index in [1.807, 2.05) is 0 Å². The van der Waals surface area contributed by atoms with Gasteiger partial charge in [-0.2, -0.15) is 0 Å². The Balaban J connectivity index is 2.88. The quantitative estimate of drug-likeness (QED) is 0.734. The number of carbonyl (C=O) groups excluding carboxylic acids is 1. The third kappa shape index (κ3) is 5.24. The van der Waals surface area contributed by atoms with E-state index in [4.69, 9.17) is 16.7 Å². The fourth-order valence-corrected chi connectivity index (χ4v) is 2.79. The summed E-state index contributed by atoms with van der Waals surface area (Å²) in [6.45, 7) is 1.76. The van der Waals surface area contributed by atoms with E-state index in [1.165, 1.54) is 18.2 Å². The minimum Gasteiger partial charge on any atom is -0.478 e. The van der Waals surface area contributed by atoms with Crippen molar-refractivity contribution in [1.29, 1.82) is 0 Å². The molecule has 9 heteroatoms. The number of carbonyl (C=O) groups is 2. The van der Waals surface area contributed by atoms with Crippen molar-refractivity contribution in [2.45, 2.75) is 13.3 Å². The van der Waals surface area contributed by atoms with Crippen LogP contribution in [0.2, 0.25) is 5.02 Å². The molecule has 0 aliphatic rings. The highest BCUT2D eigenvalue weighted by atomic mass is 35.5. The van der Waals surface area contributed by atoms with E-state index in [0.29, 0.717) is 0 Å². The summed E-state index contributed by atoms with van der Waals surface area (Å²) in [6.07, 6.45) is -0.327. The van der Waals surface area contributed by atoms with E-state index < -0.39 is 27.7 Å². The molecule has 0 unspecified atom stereocenters. The van der Waals surface area contributed by atoms with Crippen LogP contribution in [0.25, 0.3) is 0 Å². The van der Waals surface area contributed by atoms with E-state index in [1.54, 1.807) is 6.92 Å².